The summed E-state index contributed by atoms with van der Waals surface area (Å²) < 4.78 is 25.8. The van der Waals surface area contributed by atoms with Crippen molar-refractivity contribution < 1.29 is 13.2 Å². The molecular weight excluding hydrogens is 410 g/mol. The van der Waals surface area contributed by atoms with Crippen LogP contribution >= 0.6 is 0 Å². The fraction of sp³-hybridized carbons (Fsp3) is 0.458. The number of likely N-dealkylation sites (tertiary alicyclic amines) is 1. The second-order valence-corrected chi connectivity index (χ2v) is 10.7. The third-order valence-corrected chi connectivity index (χ3v) is 8.19. The van der Waals surface area contributed by atoms with E-state index >= 15 is 0 Å². The molecule has 2 aromatic rings. The van der Waals surface area contributed by atoms with Gasteiger partial charge < -0.3 is 5.32 Å². The molecule has 0 aliphatic carbocycles. The molecule has 166 valence electrons. The average molecular weight is 442 g/mol. The van der Waals surface area contributed by atoms with E-state index in [1.807, 2.05) is 12.1 Å². The standard InChI is InChI=1S/C24H31N3O3S/c1-19-10-13-26(14-11-19)18-22-7-3-2-6-21(22)17-25-24(28)20-8-4-9-23(16-20)27-12-5-15-31(27,29)30/h2-4,6-9,16,19H,5,10-15,17-18H2,1H3,(H,25,28). The zero-order valence-electron chi connectivity index (χ0n) is 18.1. The lowest BCUT2D eigenvalue weighted by atomic mass is 9.98. The summed E-state index contributed by atoms with van der Waals surface area (Å²) in [6.45, 7) is 6.37. The Labute approximate surface area is 185 Å². The molecule has 4 rings (SSSR count). The van der Waals surface area contributed by atoms with Gasteiger partial charge in [-0.3, -0.25) is 14.0 Å². The molecule has 0 bridgehead atoms. The van der Waals surface area contributed by atoms with Crippen molar-refractivity contribution in [3.05, 3.63) is 65.2 Å². The molecule has 6 nitrogen and oxygen atoms in total. The van der Waals surface area contributed by atoms with Crippen LogP contribution in [-0.2, 0) is 23.1 Å². The van der Waals surface area contributed by atoms with E-state index in [1.165, 1.54) is 22.7 Å². The van der Waals surface area contributed by atoms with Crippen LogP contribution < -0.4 is 9.62 Å². The van der Waals surface area contributed by atoms with Gasteiger partial charge in [0.05, 0.1) is 11.4 Å². The molecular formula is C24H31N3O3S. The highest BCUT2D eigenvalue weighted by Crippen LogP contribution is 2.25. The fourth-order valence-corrected chi connectivity index (χ4v) is 5.91. The number of carbonyl (C=O) groups is 1. The van der Waals surface area contributed by atoms with Crippen molar-refractivity contribution in [3.63, 3.8) is 0 Å². The highest BCUT2D eigenvalue weighted by molar-refractivity contribution is 7.93. The van der Waals surface area contributed by atoms with Crippen LogP contribution in [-0.4, -0.2) is 44.6 Å². The molecule has 0 spiro atoms. The zero-order valence-corrected chi connectivity index (χ0v) is 18.9. The van der Waals surface area contributed by atoms with Crippen LogP contribution in [0.25, 0.3) is 0 Å². The minimum atomic E-state index is -3.26. The third-order valence-electron chi connectivity index (χ3n) is 6.32. The highest BCUT2D eigenvalue weighted by atomic mass is 32.2. The first-order valence-corrected chi connectivity index (χ1v) is 12.7. The van der Waals surface area contributed by atoms with Crippen LogP contribution in [0.4, 0.5) is 5.69 Å². The third kappa shape index (κ3) is 5.28. The van der Waals surface area contributed by atoms with Crippen molar-refractivity contribution in [2.75, 3.05) is 29.7 Å². The second kappa shape index (κ2) is 9.40. The normalized spacial score (nSPS) is 19.5. The Kier molecular flexibility index (Phi) is 6.62. The van der Waals surface area contributed by atoms with Crippen LogP contribution in [0.3, 0.4) is 0 Å². The van der Waals surface area contributed by atoms with Crippen molar-refractivity contribution in [2.45, 2.75) is 39.3 Å². The minimum absolute atomic E-state index is 0.163. The van der Waals surface area contributed by atoms with Gasteiger partial charge in [0.15, 0.2) is 0 Å². The number of piperidine rings is 1. The first kappa shape index (κ1) is 21.8. The smallest absolute Gasteiger partial charge is 0.251 e. The number of benzene rings is 2. The fourth-order valence-electron chi connectivity index (χ4n) is 4.35. The zero-order chi connectivity index (χ0) is 21.8. The first-order chi connectivity index (χ1) is 14.9. The Bertz CT molecular complexity index is 1030. The topological polar surface area (TPSA) is 69.7 Å². The number of nitrogens with one attached hydrogen (secondary N) is 1. The van der Waals surface area contributed by atoms with Crippen molar-refractivity contribution in [2.24, 2.45) is 5.92 Å². The molecule has 1 N–H and O–H groups in total. The Hall–Kier alpha value is -2.38. The molecule has 1 amide bonds. The molecule has 0 unspecified atom stereocenters. The summed E-state index contributed by atoms with van der Waals surface area (Å²) in [7, 11) is -3.26. The Balaban J connectivity index is 1.41. The summed E-state index contributed by atoms with van der Waals surface area (Å²) in [5.41, 5.74) is 3.40. The summed E-state index contributed by atoms with van der Waals surface area (Å²) in [5, 5.41) is 3.01. The van der Waals surface area contributed by atoms with E-state index in [4.69, 9.17) is 0 Å². The average Bonchev–Trinajstić information content (AvgIpc) is 3.13. The second-order valence-electron chi connectivity index (χ2n) is 8.70. The molecule has 0 aromatic heterocycles. The first-order valence-electron chi connectivity index (χ1n) is 11.1. The summed E-state index contributed by atoms with van der Waals surface area (Å²) in [4.78, 5) is 15.3. The number of hydrogen-bond acceptors (Lipinski definition) is 4. The van der Waals surface area contributed by atoms with Gasteiger partial charge in [0.25, 0.3) is 5.91 Å². The van der Waals surface area contributed by atoms with E-state index in [9.17, 15) is 13.2 Å². The summed E-state index contributed by atoms with van der Waals surface area (Å²) >= 11 is 0. The van der Waals surface area contributed by atoms with Crippen molar-refractivity contribution in [1.29, 1.82) is 0 Å². The van der Waals surface area contributed by atoms with Gasteiger partial charge in [0.2, 0.25) is 10.0 Å². The number of anilines is 1. The van der Waals surface area contributed by atoms with Gasteiger partial charge in [-0.2, -0.15) is 0 Å². The monoisotopic (exact) mass is 441 g/mol. The van der Waals surface area contributed by atoms with E-state index in [2.05, 4.69) is 29.3 Å². The molecule has 2 aromatic carbocycles. The van der Waals surface area contributed by atoms with Crippen LogP contribution in [0, 0.1) is 5.92 Å². The van der Waals surface area contributed by atoms with Crippen molar-refractivity contribution >= 4 is 21.6 Å². The van der Waals surface area contributed by atoms with Crippen LogP contribution in [0.1, 0.15) is 47.7 Å². The van der Waals surface area contributed by atoms with Gasteiger partial charge in [-0.1, -0.05) is 37.3 Å². The van der Waals surface area contributed by atoms with E-state index < -0.39 is 10.0 Å². The SMILES string of the molecule is CC1CCN(Cc2ccccc2CNC(=O)c2cccc(N3CCCS3(=O)=O)c2)CC1. The predicted molar refractivity (Wildman–Crippen MR) is 123 cm³/mol. The van der Waals surface area contributed by atoms with Gasteiger partial charge >= 0.3 is 0 Å². The lowest BCUT2D eigenvalue weighted by Gasteiger charge is -2.30. The van der Waals surface area contributed by atoms with Crippen LogP contribution in [0.5, 0.6) is 0 Å². The maximum Gasteiger partial charge on any atom is 0.251 e. The molecule has 0 atom stereocenters. The van der Waals surface area contributed by atoms with Crippen molar-refractivity contribution in [3.8, 4) is 0 Å². The van der Waals surface area contributed by atoms with Gasteiger partial charge in [-0.25, -0.2) is 8.42 Å². The van der Waals surface area contributed by atoms with Gasteiger partial charge in [-0.15, -0.1) is 0 Å². The van der Waals surface area contributed by atoms with E-state index in [1.54, 1.807) is 24.3 Å². The summed E-state index contributed by atoms with van der Waals surface area (Å²) in [6, 6.07) is 15.1. The van der Waals surface area contributed by atoms with E-state index in [-0.39, 0.29) is 11.7 Å². The van der Waals surface area contributed by atoms with E-state index in [0.717, 1.165) is 31.1 Å². The van der Waals surface area contributed by atoms with Gasteiger partial charge in [0, 0.05) is 25.2 Å². The number of amides is 1. The lowest BCUT2D eigenvalue weighted by Crippen LogP contribution is -2.33. The minimum Gasteiger partial charge on any atom is -0.348 e. The van der Waals surface area contributed by atoms with E-state index in [0.29, 0.717) is 30.8 Å². The molecule has 7 heteroatoms. The predicted octanol–water partition coefficient (Wildman–Crippen LogP) is 3.39. The largest absolute Gasteiger partial charge is 0.348 e. The molecule has 2 fully saturated rings. The Morgan fingerprint density at radius 3 is 2.48 bits per heavy atom. The van der Waals surface area contributed by atoms with Gasteiger partial charge in [0.1, 0.15) is 0 Å². The number of sulfonamides is 1. The number of nitrogens with zero attached hydrogens (tertiary/aromatic N) is 2. The molecule has 0 saturated carbocycles. The van der Waals surface area contributed by atoms with Crippen molar-refractivity contribution in [1.82, 2.24) is 10.2 Å². The van der Waals surface area contributed by atoms with Crippen LogP contribution in [0.2, 0.25) is 0 Å². The molecule has 2 aliphatic heterocycles. The summed E-state index contributed by atoms with van der Waals surface area (Å²) in [5.74, 6) is 0.771. The molecule has 2 saturated heterocycles. The molecule has 0 radical (unpaired) electrons. The highest BCUT2D eigenvalue weighted by Gasteiger charge is 2.28. The lowest BCUT2D eigenvalue weighted by molar-refractivity contribution is 0.0950. The summed E-state index contributed by atoms with van der Waals surface area (Å²) in [6.07, 6.45) is 3.09. The van der Waals surface area contributed by atoms with Gasteiger partial charge in [-0.05, 0) is 67.6 Å². The Morgan fingerprint density at radius 1 is 1.03 bits per heavy atom. The number of rotatable bonds is 6. The maximum absolute atomic E-state index is 12.8. The number of carbonyl (C=O) groups excluding carboxylic acids is 1. The Morgan fingerprint density at radius 2 is 1.77 bits per heavy atom. The van der Waals surface area contributed by atoms with Crippen LogP contribution in [0.15, 0.2) is 48.5 Å². The quantitative estimate of drug-likeness (QED) is 0.746. The molecule has 2 aliphatic rings. The molecule has 31 heavy (non-hydrogen) atoms. The molecule has 2 heterocycles. The maximum atomic E-state index is 12.8. The number of hydrogen-bond donors (Lipinski definition) is 1.